The van der Waals surface area contributed by atoms with Crippen molar-refractivity contribution in [3.8, 4) is 28.5 Å². The number of halogens is 1. The number of hydrogen-bond acceptors (Lipinski definition) is 4. The van der Waals surface area contributed by atoms with E-state index >= 15 is 0 Å². The number of anilines is 1. The van der Waals surface area contributed by atoms with Crippen LogP contribution in [0.3, 0.4) is 0 Å². The summed E-state index contributed by atoms with van der Waals surface area (Å²) in [4.78, 5) is 0. The van der Waals surface area contributed by atoms with Crippen LogP contribution >= 0.6 is 0 Å². The van der Waals surface area contributed by atoms with E-state index in [1.165, 1.54) is 38.7 Å². The summed E-state index contributed by atoms with van der Waals surface area (Å²) in [5.41, 5.74) is 7.54. The van der Waals surface area contributed by atoms with Gasteiger partial charge in [0.2, 0.25) is 12.5 Å². The number of rotatable bonds is 7. The monoisotopic (exact) mass is 546 g/mol. The summed E-state index contributed by atoms with van der Waals surface area (Å²) in [6.07, 6.45) is 6.39. The Kier molecular flexibility index (Phi) is 7.06. The summed E-state index contributed by atoms with van der Waals surface area (Å²) < 4.78 is 19.7. The average molecular weight is 547 g/mol. The highest BCUT2D eigenvalue weighted by Gasteiger charge is 2.32. The fourth-order valence-electron chi connectivity index (χ4n) is 5.39. The zero-order valence-corrected chi connectivity index (χ0v) is 22.4. The number of aryl methyl sites for hydroxylation is 2. The summed E-state index contributed by atoms with van der Waals surface area (Å²) in [5.74, 6) is 2.58. The molecule has 2 aliphatic rings. The van der Waals surface area contributed by atoms with Crippen LogP contribution in [0.4, 0.5) is 5.69 Å². The Hall–Kier alpha value is -3.25. The number of hydrogen-bond donors (Lipinski definition) is 1. The number of methoxy groups -OCH3 is 1. The van der Waals surface area contributed by atoms with Gasteiger partial charge in [0.15, 0.2) is 24.2 Å². The molecule has 0 saturated heterocycles. The highest BCUT2D eigenvalue weighted by molar-refractivity contribution is 6.00. The zero-order chi connectivity index (χ0) is 23.8. The molecule has 0 bridgehead atoms. The molecule has 3 heterocycles. The maximum Gasteiger partial charge on any atom is 0.231 e. The molecular formula is C30H31BrN2O3. The van der Waals surface area contributed by atoms with Crippen LogP contribution in [0.5, 0.6) is 17.2 Å². The molecule has 0 amide bonds. The lowest BCUT2D eigenvalue weighted by Gasteiger charge is -2.22. The summed E-state index contributed by atoms with van der Waals surface area (Å²) in [7, 11) is 1.75. The Labute approximate surface area is 222 Å². The topological polar surface area (TPSA) is 43.6 Å². The summed E-state index contributed by atoms with van der Waals surface area (Å²) >= 11 is 0. The predicted molar refractivity (Wildman–Crippen MR) is 139 cm³/mol. The van der Waals surface area contributed by atoms with Gasteiger partial charge in [-0.05, 0) is 41.8 Å². The molecule has 4 aromatic rings. The molecular weight excluding hydrogens is 516 g/mol. The van der Waals surface area contributed by atoms with Gasteiger partial charge in [0, 0.05) is 30.3 Å². The second kappa shape index (κ2) is 10.4. The molecule has 0 atom stereocenters. The number of ether oxygens (including phenoxy) is 3. The van der Waals surface area contributed by atoms with E-state index in [-0.39, 0.29) is 17.0 Å². The number of aromatic nitrogens is 1. The summed E-state index contributed by atoms with van der Waals surface area (Å²) in [6, 6.07) is 19.4. The Morgan fingerprint density at radius 3 is 2.58 bits per heavy atom. The smallest absolute Gasteiger partial charge is 0.231 e. The van der Waals surface area contributed by atoms with Gasteiger partial charge in [-0.3, -0.25) is 0 Å². The molecule has 0 radical (unpaired) electrons. The van der Waals surface area contributed by atoms with Crippen molar-refractivity contribution in [2.45, 2.75) is 39.2 Å². The molecule has 36 heavy (non-hydrogen) atoms. The maximum absolute atomic E-state index is 5.79. The number of pyridine rings is 1. The molecule has 0 fully saturated rings. The van der Waals surface area contributed by atoms with Crippen molar-refractivity contribution in [3.05, 3.63) is 77.5 Å². The first kappa shape index (κ1) is 24.4. The van der Waals surface area contributed by atoms with E-state index in [4.69, 9.17) is 14.2 Å². The highest BCUT2D eigenvalue weighted by Crippen LogP contribution is 2.43. The van der Waals surface area contributed by atoms with E-state index in [9.17, 15) is 0 Å². The molecule has 5 nitrogen and oxygen atoms in total. The van der Waals surface area contributed by atoms with Crippen molar-refractivity contribution in [1.29, 1.82) is 0 Å². The van der Waals surface area contributed by atoms with Gasteiger partial charge in [-0.1, -0.05) is 43.7 Å². The third kappa shape index (κ3) is 4.28. The molecule has 6 rings (SSSR count). The van der Waals surface area contributed by atoms with E-state index < -0.39 is 0 Å². The van der Waals surface area contributed by atoms with Crippen LogP contribution in [0.2, 0.25) is 0 Å². The minimum Gasteiger partial charge on any atom is -1.00 e. The third-order valence-electron chi connectivity index (χ3n) is 7.14. The number of fused-ring (bicyclic) bond motifs is 5. The molecule has 1 N–H and O–H groups in total. The van der Waals surface area contributed by atoms with Gasteiger partial charge in [-0.25, -0.2) is 0 Å². The van der Waals surface area contributed by atoms with E-state index in [0.29, 0.717) is 6.79 Å². The average Bonchev–Trinajstić information content (AvgIpc) is 3.35. The van der Waals surface area contributed by atoms with Crippen LogP contribution in [0, 0.1) is 0 Å². The van der Waals surface area contributed by atoms with Crippen molar-refractivity contribution < 1.29 is 35.8 Å². The summed E-state index contributed by atoms with van der Waals surface area (Å²) in [5, 5.41) is 6.15. The first-order valence-corrected chi connectivity index (χ1v) is 12.5. The molecule has 1 aromatic heterocycles. The molecule has 3 aromatic carbocycles. The lowest BCUT2D eigenvalue weighted by Crippen LogP contribution is -3.00. The second-order valence-corrected chi connectivity index (χ2v) is 9.31. The fraction of sp³-hybridized carbons (Fsp3) is 0.300. The molecule has 186 valence electrons. The van der Waals surface area contributed by atoms with Crippen LogP contribution in [-0.2, 0) is 19.4 Å². The van der Waals surface area contributed by atoms with E-state index in [1.807, 2.05) is 0 Å². The van der Waals surface area contributed by atoms with Crippen LogP contribution in [0.25, 0.3) is 22.0 Å². The molecule has 0 aliphatic carbocycles. The van der Waals surface area contributed by atoms with Crippen molar-refractivity contribution >= 4 is 16.5 Å². The predicted octanol–water partition coefficient (Wildman–Crippen LogP) is 2.89. The van der Waals surface area contributed by atoms with Gasteiger partial charge in [0.25, 0.3) is 0 Å². The molecule has 2 aliphatic heterocycles. The van der Waals surface area contributed by atoms with Crippen LogP contribution in [-0.4, -0.2) is 20.4 Å². The molecule has 0 unspecified atom stereocenters. The lowest BCUT2D eigenvalue weighted by molar-refractivity contribution is -0.686. The number of nitrogens with one attached hydrogen (secondary N) is 1. The van der Waals surface area contributed by atoms with Gasteiger partial charge in [0.1, 0.15) is 5.75 Å². The number of nitrogens with zero attached hydrogens (tertiary/aromatic N) is 1. The van der Waals surface area contributed by atoms with Gasteiger partial charge >= 0.3 is 0 Å². The Balaban J connectivity index is 0.00000267. The molecule has 0 spiro atoms. The summed E-state index contributed by atoms with van der Waals surface area (Å²) in [6.45, 7) is 4.36. The van der Waals surface area contributed by atoms with Crippen molar-refractivity contribution in [3.63, 3.8) is 0 Å². The third-order valence-corrected chi connectivity index (χ3v) is 7.14. The van der Waals surface area contributed by atoms with E-state index in [1.54, 1.807) is 7.11 Å². The highest BCUT2D eigenvalue weighted by atomic mass is 79.9. The van der Waals surface area contributed by atoms with Crippen LogP contribution in [0.1, 0.15) is 36.5 Å². The molecule has 0 saturated carbocycles. The largest absolute Gasteiger partial charge is 1.00 e. The van der Waals surface area contributed by atoms with Crippen molar-refractivity contribution in [2.24, 2.45) is 0 Å². The molecule has 6 heteroatoms. The first-order chi connectivity index (χ1) is 17.3. The van der Waals surface area contributed by atoms with Crippen molar-refractivity contribution in [1.82, 2.24) is 0 Å². The van der Waals surface area contributed by atoms with Gasteiger partial charge in [-0.15, -0.1) is 0 Å². The minimum absolute atomic E-state index is 0. The Morgan fingerprint density at radius 2 is 1.81 bits per heavy atom. The first-order valence-electron chi connectivity index (χ1n) is 12.5. The standard InChI is InChI=1S/C30H30N2O3.BrH/c1-3-4-13-31-29-25-18-32-14-12-21-16-27-28(35-19-34-27)17-23(21)30(32)24(15-20-8-6-5-7-9-20)22(25)10-11-26(29)33-2;/h5-11,16-18H,3-4,12-15,19H2,1-2H3;1H. The minimum atomic E-state index is 0. The maximum atomic E-state index is 5.79. The van der Waals surface area contributed by atoms with Gasteiger partial charge < -0.3 is 36.5 Å². The quantitative estimate of drug-likeness (QED) is 0.286. The van der Waals surface area contributed by atoms with E-state index in [0.717, 1.165) is 61.7 Å². The number of unbranched alkanes of at least 4 members (excludes halogenated alkanes) is 1. The zero-order valence-electron chi connectivity index (χ0n) is 20.8. The van der Waals surface area contributed by atoms with E-state index in [2.05, 4.69) is 77.6 Å². The van der Waals surface area contributed by atoms with Crippen LogP contribution < -0.4 is 41.1 Å². The fourth-order valence-corrected chi connectivity index (χ4v) is 5.39. The Bertz CT molecular complexity index is 1410. The lowest BCUT2D eigenvalue weighted by atomic mass is 9.88. The van der Waals surface area contributed by atoms with Gasteiger partial charge in [-0.2, -0.15) is 4.57 Å². The van der Waals surface area contributed by atoms with Crippen LogP contribution in [0.15, 0.2) is 60.8 Å². The van der Waals surface area contributed by atoms with Gasteiger partial charge in [0.05, 0.1) is 23.7 Å². The SMILES string of the molecule is CCCCNc1c(OC)ccc2c(Cc3ccccc3)c3[n+](cc12)CCc1cc2c(cc1-3)OCO2.[Br-]. The number of benzene rings is 3. The Morgan fingerprint density at radius 1 is 1.00 bits per heavy atom. The normalized spacial score (nSPS) is 13.1. The second-order valence-electron chi connectivity index (χ2n) is 9.31. The van der Waals surface area contributed by atoms with Crippen molar-refractivity contribution in [2.75, 3.05) is 25.8 Å².